The summed E-state index contributed by atoms with van der Waals surface area (Å²) in [6.07, 6.45) is 0.637. The molecule has 7 heteroatoms. The van der Waals surface area contributed by atoms with Gasteiger partial charge < -0.3 is 9.64 Å². The minimum absolute atomic E-state index is 0.0517. The number of likely N-dealkylation sites (N-methyl/N-ethyl adjacent to an activating group) is 2. The topological polar surface area (TPSA) is 79.3 Å². The van der Waals surface area contributed by atoms with Crippen molar-refractivity contribution in [2.45, 2.75) is 6.17 Å². The Morgan fingerprint density at radius 2 is 2.06 bits per heavy atom. The zero-order valence-electron chi connectivity index (χ0n) is 9.63. The van der Waals surface area contributed by atoms with E-state index in [0.29, 0.717) is 5.57 Å². The van der Waals surface area contributed by atoms with E-state index in [1.54, 1.807) is 0 Å². The second-order valence-corrected chi connectivity index (χ2v) is 3.74. The summed E-state index contributed by atoms with van der Waals surface area (Å²) in [4.78, 5) is 41.0. The van der Waals surface area contributed by atoms with E-state index in [-0.39, 0.29) is 5.71 Å². The molecular weight excluding hydrogens is 226 g/mol. The van der Waals surface area contributed by atoms with Crippen LogP contribution in [0.2, 0.25) is 0 Å². The van der Waals surface area contributed by atoms with Crippen LogP contribution in [0, 0.1) is 0 Å². The van der Waals surface area contributed by atoms with Gasteiger partial charge in [0.2, 0.25) is 0 Å². The number of methoxy groups -OCH3 is 1. The van der Waals surface area contributed by atoms with Crippen LogP contribution < -0.4 is 0 Å². The van der Waals surface area contributed by atoms with Crippen LogP contribution in [0.3, 0.4) is 0 Å². The number of fused-ring (bicyclic) bond motifs is 1. The highest BCUT2D eigenvalue weighted by Gasteiger charge is 2.42. The number of ether oxygens (including phenoxy) is 1. The van der Waals surface area contributed by atoms with Gasteiger partial charge in [0.1, 0.15) is 5.71 Å². The Bertz CT molecular complexity index is 480. The SMILES string of the molecule is COC(=O)C1=N[C@H]2C(=C1)C(=O)N(C)C(=O)N2C. The summed E-state index contributed by atoms with van der Waals surface area (Å²) in [6.45, 7) is 0. The molecule has 0 N–H and O–H groups in total. The Kier molecular flexibility index (Phi) is 2.45. The number of rotatable bonds is 1. The molecule has 2 heterocycles. The van der Waals surface area contributed by atoms with Crippen molar-refractivity contribution in [2.24, 2.45) is 4.99 Å². The molecule has 2 rings (SSSR count). The number of carbonyl (C=O) groups is 3. The van der Waals surface area contributed by atoms with E-state index in [2.05, 4.69) is 9.73 Å². The molecule has 17 heavy (non-hydrogen) atoms. The number of carbonyl (C=O) groups excluding carboxylic acids is 3. The molecule has 0 spiro atoms. The number of aliphatic imine (C=N–C) groups is 1. The molecule has 2 aliphatic rings. The fraction of sp³-hybridized carbons (Fsp3) is 0.400. The van der Waals surface area contributed by atoms with E-state index < -0.39 is 24.1 Å². The molecule has 1 atom stereocenters. The van der Waals surface area contributed by atoms with Gasteiger partial charge in [-0.25, -0.2) is 14.6 Å². The molecule has 7 nitrogen and oxygen atoms in total. The second-order valence-electron chi connectivity index (χ2n) is 3.74. The fourth-order valence-electron chi connectivity index (χ4n) is 1.77. The van der Waals surface area contributed by atoms with Crippen molar-refractivity contribution in [3.8, 4) is 0 Å². The summed E-state index contributed by atoms with van der Waals surface area (Å²) in [5.74, 6) is -1.07. The summed E-state index contributed by atoms with van der Waals surface area (Å²) >= 11 is 0. The number of imide groups is 1. The fourth-order valence-corrected chi connectivity index (χ4v) is 1.77. The highest BCUT2D eigenvalue weighted by molar-refractivity contribution is 6.43. The summed E-state index contributed by atoms with van der Waals surface area (Å²) in [7, 11) is 4.13. The number of urea groups is 1. The van der Waals surface area contributed by atoms with Gasteiger partial charge in [-0.15, -0.1) is 0 Å². The second kappa shape index (κ2) is 3.69. The minimum atomic E-state index is -0.722. The predicted octanol–water partition coefficient (Wildman–Crippen LogP) is -0.610. The monoisotopic (exact) mass is 237 g/mol. The number of amides is 3. The molecule has 0 saturated carbocycles. The lowest BCUT2D eigenvalue weighted by molar-refractivity contribution is -0.132. The normalized spacial score (nSPS) is 23.4. The van der Waals surface area contributed by atoms with E-state index in [9.17, 15) is 14.4 Å². The van der Waals surface area contributed by atoms with Crippen LogP contribution in [0.15, 0.2) is 16.6 Å². The van der Waals surface area contributed by atoms with E-state index in [0.717, 1.165) is 4.90 Å². The summed E-state index contributed by atoms with van der Waals surface area (Å²) in [6, 6.07) is -0.452. The lowest BCUT2D eigenvalue weighted by Crippen LogP contribution is -2.53. The molecule has 0 bridgehead atoms. The first-order valence-electron chi connectivity index (χ1n) is 4.90. The van der Waals surface area contributed by atoms with Crippen molar-refractivity contribution in [1.82, 2.24) is 9.80 Å². The standard InChI is InChI=1S/C10H11N3O4/c1-12-7-5(8(14)13(2)10(12)16)4-6(11-7)9(15)17-3/h4,7H,1-3H3/t7-/m1/s1. The highest BCUT2D eigenvalue weighted by atomic mass is 16.5. The lowest BCUT2D eigenvalue weighted by Gasteiger charge is -2.33. The maximum absolute atomic E-state index is 11.8. The van der Waals surface area contributed by atoms with Gasteiger partial charge in [0.05, 0.1) is 12.7 Å². The highest BCUT2D eigenvalue weighted by Crippen LogP contribution is 2.25. The smallest absolute Gasteiger partial charge is 0.356 e. The van der Waals surface area contributed by atoms with Gasteiger partial charge in [-0.2, -0.15) is 0 Å². The first-order valence-corrected chi connectivity index (χ1v) is 4.90. The Balaban J connectivity index is 2.40. The van der Waals surface area contributed by atoms with Crippen LogP contribution in [0.25, 0.3) is 0 Å². The van der Waals surface area contributed by atoms with Crippen molar-refractivity contribution in [3.05, 3.63) is 11.6 Å². The van der Waals surface area contributed by atoms with Gasteiger partial charge >= 0.3 is 12.0 Å². The van der Waals surface area contributed by atoms with E-state index >= 15 is 0 Å². The molecule has 2 aliphatic heterocycles. The summed E-state index contributed by atoms with van der Waals surface area (Å²) in [5, 5.41) is 0. The summed E-state index contributed by atoms with van der Waals surface area (Å²) < 4.78 is 4.52. The van der Waals surface area contributed by atoms with Crippen molar-refractivity contribution >= 4 is 23.6 Å². The van der Waals surface area contributed by atoms with E-state index in [1.807, 2.05) is 0 Å². The van der Waals surface area contributed by atoms with Crippen LogP contribution in [0.4, 0.5) is 4.79 Å². The van der Waals surface area contributed by atoms with Crippen molar-refractivity contribution < 1.29 is 19.1 Å². The Labute approximate surface area is 97.3 Å². The number of esters is 1. The van der Waals surface area contributed by atoms with E-state index in [1.165, 1.54) is 32.2 Å². The average Bonchev–Trinajstić information content (AvgIpc) is 2.77. The van der Waals surface area contributed by atoms with Gasteiger partial charge in [0.15, 0.2) is 6.17 Å². The van der Waals surface area contributed by atoms with Gasteiger partial charge in [-0.1, -0.05) is 0 Å². The van der Waals surface area contributed by atoms with Crippen LogP contribution in [0.5, 0.6) is 0 Å². The minimum Gasteiger partial charge on any atom is -0.464 e. The molecule has 90 valence electrons. The van der Waals surface area contributed by atoms with Crippen molar-refractivity contribution in [3.63, 3.8) is 0 Å². The Morgan fingerprint density at radius 1 is 1.41 bits per heavy atom. The zero-order chi connectivity index (χ0) is 12.7. The Morgan fingerprint density at radius 3 is 2.65 bits per heavy atom. The van der Waals surface area contributed by atoms with Crippen molar-refractivity contribution in [1.29, 1.82) is 0 Å². The molecule has 1 fully saturated rings. The zero-order valence-corrected chi connectivity index (χ0v) is 9.63. The quantitative estimate of drug-likeness (QED) is 0.570. The molecule has 1 saturated heterocycles. The maximum Gasteiger partial charge on any atom is 0.356 e. The molecule has 0 unspecified atom stereocenters. The van der Waals surface area contributed by atoms with Gasteiger partial charge in [0.25, 0.3) is 5.91 Å². The molecule has 3 amide bonds. The predicted molar refractivity (Wildman–Crippen MR) is 57.3 cm³/mol. The Hall–Kier alpha value is -2.18. The van der Waals surface area contributed by atoms with Crippen LogP contribution in [0.1, 0.15) is 0 Å². The summed E-state index contributed by atoms with van der Waals surface area (Å²) in [5.41, 5.74) is 0.353. The largest absolute Gasteiger partial charge is 0.464 e. The molecule has 0 radical (unpaired) electrons. The van der Waals surface area contributed by atoms with Gasteiger partial charge in [-0.3, -0.25) is 9.69 Å². The third-order valence-electron chi connectivity index (χ3n) is 2.73. The third-order valence-corrected chi connectivity index (χ3v) is 2.73. The van der Waals surface area contributed by atoms with E-state index in [4.69, 9.17) is 0 Å². The number of hydrogen-bond acceptors (Lipinski definition) is 5. The molecule has 0 aromatic carbocycles. The van der Waals surface area contributed by atoms with Crippen molar-refractivity contribution in [2.75, 3.05) is 21.2 Å². The number of nitrogens with zero attached hydrogens (tertiary/aromatic N) is 3. The van der Waals surface area contributed by atoms with Gasteiger partial charge in [0, 0.05) is 14.1 Å². The molecular formula is C10H11N3O4. The number of hydrogen-bond donors (Lipinski definition) is 0. The molecule has 0 aromatic heterocycles. The van der Waals surface area contributed by atoms with Crippen LogP contribution in [-0.2, 0) is 14.3 Å². The molecule has 0 aliphatic carbocycles. The maximum atomic E-state index is 11.8. The first-order chi connectivity index (χ1) is 7.97. The lowest BCUT2D eigenvalue weighted by atomic mass is 10.1. The molecule has 0 aromatic rings. The third kappa shape index (κ3) is 1.50. The van der Waals surface area contributed by atoms with Crippen LogP contribution >= 0.6 is 0 Å². The average molecular weight is 237 g/mol. The van der Waals surface area contributed by atoms with Crippen LogP contribution in [-0.4, -0.2) is 60.8 Å². The first kappa shape index (κ1) is 11.3. The van der Waals surface area contributed by atoms with Gasteiger partial charge in [-0.05, 0) is 6.08 Å².